The molecule has 1 rings (SSSR count). The lowest BCUT2D eigenvalue weighted by Crippen LogP contribution is -2.61. The predicted molar refractivity (Wildman–Crippen MR) is 91.4 cm³/mol. The molecule has 14 nitrogen and oxygen atoms in total. The number of aliphatic hydroxyl groups excluding tert-OH is 6. The monoisotopic (exact) mass is 449 g/mol. The Morgan fingerprint density at radius 1 is 1.14 bits per heavy atom. The fourth-order valence-corrected chi connectivity index (χ4v) is 2.87. The maximum atomic E-state index is 11.7. The number of rotatable bonds is 10. The van der Waals surface area contributed by atoms with Gasteiger partial charge in [0.2, 0.25) is 0 Å². The van der Waals surface area contributed by atoms with Gasteiger partial charge < -0.3 is 45.4 Å². The van der Waals surface area contributed by atoms with E-state index in [1.165, 1.54) is 0 Å². The zero-order valence-corrected chi connectivity index (χ0v) is 16.4. The molecule has 9 atom stereocenters. The molecule has 1 amide bonds. The molecular weight excluding hydrogens is 422 g/mol. The minimum Gasteiger partial charge on any atom is -0.391 e. The highest BCUT2D eigenvalue weighted by Gasteiger charge is 2.47. The van der Waals surface area contributed by atoms with Gasteiger partial charge in [0.25, 0.3) is 5.91 Å². The number of nitrogens with one attached hydrogen (secondary N) is 1. The number of carbonyl (C=O) groups excluding carboxylic acids is 1. The summed E-state index contributed by atoms with van der Waals surface area (Å²) >= 11 is 0. The van der Waals surface area contributed by atoms with Crippen LogP contribution in [0.3, 0.4) is 0 Å². The molecule has 0 bridgehead atoms. The van der Waals surface area contributed by atoms with Crippen molar-refractivity contribution in [2.24, 2.45) is 0 Å². The third-order valence-corrected chi connectivity index (χ3v) is 4.53. The third-order valence-electron chi connectivity index (χ3n) is 4.10. The number of likely N-dealkylation sites (N-methyl/N-ethyl adjacent to an activating group) is 1. The lowest BCUT2D eigenvalue weighted by molar-refractivity contribution is -0.324. The highest BCUT2D eigenvalue weighted by molar-refractivity contribution is 7.80. The summed E-state index contributed by atoms with van der Waals surface area (Å²) in [5.74, 6) is -0.964. The number of hydrogen-bond donors (Lipinski definition) is 8. The fraction of sp³-hybridized carbons (Fsp3) is 0.929. The molecule has 2 unspecified atom stereocenters. The Balaban J connectivity index is 2.94. The Hall–Kier alpha value is -0.980. The van der Waals surface area contributed by atoms with Gasteiger partial charge in [0.15, 0.2) is 12.4 Å². The smallest absolute Gasteiger partial charge is 0.391 e. The molecule has 1 saturated heterocycles. The van der Waals surface area contributed by atoms with Crippen LogP contribution in [0.15, 0.2) is 0 Å². The van der Waals surface area contributed by atoms with Gasteiger partial charge in [-0.2, -0.15) is 8.42 Å². The molecule has 172 valence electrons. The summed E-state index contributed by atoms with van der Waals surface area (Å²) in [6, 6.07) is 0. The van der Waals surface area contributed by atoms with Gasteiger partial charge in [-0.15, -0.1) is 0 Å². The van der Waals surface area contributed by atoms with E-state index in [1.807, 2.05) is 0 Å². The quantitative estimate of drug-likeness (QED) is 0.146. The van der Waals surface area contributed by atoms with E-state index in [-0.39, 0.29) is 6.54 Å². The van der Waals surface area contributed by atoms with Crippen LogP contribution in [0.5, 0.6) is 0 Å². The van der Waals surface area contributed by atoms with Crippen LogP contribution in [0.25, 0.3) is 0 Å². The van der Waals surface area contributed by atoms with Crippen LogP contribution in [-0.4, -0.2) is 118 Å². The largest absolute Gasteiger partial charge is 0.397 e. The van der Waals surface area contributed by atoms with Crippen LogP contribution in [0.4, 0.5) is 0 Å². The first-order valence-corrected chi connectivity index (χ1v) is 9.95. The van der Waals surface area contributed by atoms with E-state index in [4.69, 9.17) is 14.0 Å². The van der Waals surface area contributed by atoms with Crippen molar-refractivity contribution in [2.75, 3.05) is 13.2 Å². The number of amides is 1. The molecule has 15 heteroatoms. The first kappa shape index (κ1) is 26.1. The highest BCUT2D eigenvalue weighted by atomic mass is 32.3. The zero-order valence-electron chi connectivity index (χ0n) is 15.6. The van der Waals surface area contributed by atoms with Crippen molar-refractivity contribution in [2.45, 2.75) is 69.0 Å². The average molecular weight is 449 g/mol. The summed E-state index contributed by atoms with van der Waals surface area (Å²) in [6.45, 7) is 1.88. The van der Waals surface area contributed by atoms with Crippen molar-refractivity contribution in [1.29, 1.82) is 0 Å². The topological polar surface area (TPSA) is 233 Å². The molecule has 1 aliphatic rings. The van der Waals surface area contributed by atoms with Gasteiger partial charge in [-0.1, -0.05) is 0 Å². The number of ether oxygens (including phenoxy) is 2. The molecule has 0 aromatic carbocycles. The minimum absolute atomic E-state index is 0.146. The third kappa shape index (κ3) is 7.34. The molecule has 1 heterocycles. The van der Waals surface area contributed by atoms with Crippen LogP contribution in [0.2, 0.25) is 0 Å². The van der Waals surface area contributed by atoms with E-state index >= 15 is 0 Å². The van der Waals surface area contributed by atoms with Gasteiger partial charge in [-0.3, -0.25) is 9.35 Å². The van der Waals surface area contributed by atoms with Gasteiger partial charge in [-0.25, -0.2) is 4.18 Å². The first-order chi connectivity index (χ1) is 13.3. The van der Waals surface area contributed by atoms with Crippen LogP contribution in [0, 0.1) is 0 Å². The predicted octanol–water partition coefficient (Wildman–Crippen LogP) is -4.76. The van der Waals surface area contributed by atoms with Crippen LogP contribution < -0.4 is 5.32 Å². The van der Waals surface area contributed by atoms with E-state index in [1.54, 1.807) is 6.92 Å². The van der Waals surface area contributed by atoms with Gasteiger partial charge in [0.05, 0.1) is 12.7 Å². The van der Waals surface area contributed by atoms with Gasteiger partial charge >= 0.3 is 10.4 Å². The Labute approximate surface area is 166 Å². The summed E-state index contributed by atoms with van der Waals surface area (Å²) in [4.78, 5) is 11.7. The van der Waals surface area contributed by atoms with E-state index < -0.39 is 78.0 Å². The molecule has 0 aromatic rings. The molecule has 0 spiro atoms. The summed E-state index contributed by atoms with van der Waals surface area (Å²) in [5, 5.41) is 61.9. The zero-order chi connectivity index (χ0) is 22.5. The molecule has 0 aromatic heterocycles. The molecule has 0 aliphatic carbocycles. The van der Waals surface area contributed by atoms with Crippen LogP contribution >= 0.6 is 0 Å². The Bertz CT molecular complexity index is 629. The maximum absolute atomic E-state index is 11.7. The van der Waals surface area contributed by atoms with Crippen LogP contribution in [0.1, 0.15) is 13.8 Å². The number of carbonyl (C=O) groups is 1. The molecule has 8 N–H and O–H groups in total. The molecule has 0 saturated carbocycles. The van der Waals surface area contributed by atoms with Gasteiger partial charge in [-0.05, 0) is 13.8 Å². The summed E-state index contributed by atoms with van der Waals surface area (Å²) in [5.41, 5.74) is 0. The van der Waals surface area contributed by atoms with Crippen molar-refractivity contribution in [3.05, 3.63) is 0 Å². The first-order valence-electron chi connectivity index (χ1n) is 8.59. The van der Waals surface area contributed by atoms with Crippen LogP contribution in [-0.2, 0) is 28.9 Å². The Kier molecular flexibility index (Phi) is 9.77. The number of hydrogen-bond acceptors (Lipinski definition) is 12. The minimum atomic E-state index is -4.91. The maximum Gasteiger partial charge on any atom is 0.397 e. The summed E-state index contributed by atoms with van der Waals surface area (Å²) in [7, 11) is -4.91. The molecule has 1 fully saturated rings. The van der Waals surface area contributed by atoms with E-state index in [0.717, 1.165) is 6.92 Å². The van der Waals surface area contributed by atoms with Crippen molar-refractivity contribution in [1.82, 2.24) is 5.32 Å². The fourth-order valence-electron chi connectivity index (χ4n) is 2.57. The van der Waals surface area contributed by atoms with Crippen molar-refractivity contribution in [3.8, 4) is 0 Å². The van der Waals surface area contributed by atoms with E-state index in [9.17, 15) is 43.9 Å². The number of aliphatic hydroxyl groups is 6. The summed E-state index contributed by atoms with van der Waals surface area (Å²) < 4.78 is 44.3. The second kappa shape index (κ2) is 10.9. The van der Waals surface area contributed by atoms with Gasteiger partial charge in [0.1, 0.15) is 36.6 Å². The standard InChI is InChI=1S/C14H27NO13S/c1-3-15-13(22)10(20)9(19)12(5(2)16)28-14-11(21)8(18)7(17)6(27-14)4-26-29(23,24)25/h5-12,14,16-21H,3-4H2,1-2H3,(H,15,22)(H,23,24,25)/t5-,6?,7+,8+,9-,10-,11?,12-,14+/m1/s1. The van der Waals surface area contributed by atoms with Crippen molar-refractivity contribution in [3.63, 3.8) is 0 Å². The Morgan fingerprint density at radius 3 is 2.21 bits per heavy atom. The average Bonchev–Trinajstić information content (AvgIpc) is 2.62. The highest BCUT2D eigenvalue weighted by Crippen LogP contribution is 2.25. The van der Waals surface area contributed by atoms with Crippen molar-refractivity contribution < 1.29 is 62.1 Å². The Morgan fingerprint density at radius 2 is 1.72 bits per heavy atom. The second-order valence-corrected chi connectivity index (χ2v) is 7.49. The van der Waals surface area contributed by atoms with E-state index in [2.05, 4.69) is 9.50 Å². The van der Waals surface area contributed by atoms with Gasteiger partial charge in [0, 0.05) is 6.54 Å². The SMILES string of the molecule is CCNC(=O)[C@H](O)[C@@H](O)[C@H](O[C@@H]1OC(COS(=O)(=O)O)[C@H](O)[C@H](O)C1O)[C@@H](C)O. The lowest BCUT2D eigenvalue weighted by Gasteiger charge is -2.42. The molecular formula is C14H27NO13S. The van der Waals surface area contributed by atoms with Crippen molar-refractivity contribution >= 4 is 16.3 Å². The normalized spacial score (nSPS) is 32.2. The lowest BCUT2D eigenvalue weighted by atomic mass is 9.98. The van der Waals surface area contributed by atoms with E-state index in [0.29, 0.717) is 0 Å². The molecule has 29 heavy (non-hydrogen) atoms. The summed E-state index contributed by atoms with van der Waals surface area (Å²) in [6.07, 6.45) is -16.4. The molecule has 0 radical (unpaired) electrons. The second-order valence-electron chi connectivity index (χ2n) is 6.40. The molecule has 1 aliphatic heterocycles.